The summed E-state index contributed by atoms with van der Waals surface area (Å²) in [6.07, 6.45) is 4.48. The lowest BCUT2D eigenvalue weighted by Gasteiger charge is -2.18. The van der Waals surface area contributed by atoms with Gasteiger partial charge in [-0.1, -0.05) is 69.3 Å². The molecular weight excluding hydrogens is 599 g/mol. The third kappa shape index (κ3) is 10.0. The van der Waals surface area contributed by atoms with E-state index in [-0.39, 0.29) is 22.3 Å². The summed E-state index contributed by atoms with van der Waals surface area (Å²) in [6.45, 7) is 6.11. The van der Waals surface area contributed by atoms with Crippen LogP contribution in [0.2, 0.25) is 0 Å². The van der Waals surface area contributed by atoms with Crippen LogP contribution in [0.15, 0.2) is 77.3 Å². The van der Waals surface area contributed by atoms with Crippen LogP contribution < -0.4 is 10.6 Å². The lowest BCUT2D eigenvalue weighted by Crippen LogP contribution is -2.28. The standard InChI is InChI=1S/C30H32BrFN2O5S/c1-30(2,3)15-14-20-4-8-22(9-5-20)25(29(36)34-24-12-13-27(32)26(31)19-24)18-21-6-10-23(11-7-21)28(35)33-16-17-40(37,38)39/h4-15,19,25H,16-18H2,1-3H3,(H,33,35)(H,34,36)(H,37,38,39)/b15-14+. The SMILES string of the molecule is CC(C)(C)/C=C/c1ccc(C(Cc2ccc(C(=O)NCCS(=O)(=O)O)cc2)C(=O)Nc2ccc(F)c(Br)c2)cc1. The molecule has 0 spiro atoms. The van der Waals surface area contributed by atoms with Gasteiger partial charge in [-0.15, -0.1) is 0 Å². The van der Waals surface area contributed by atoms with Crippen LogP contribution in [-0.4, -0.2) is 37.1 Å². The van der Waals surface area contributed by atoms with Crippen molar-refractivity contribution in [1.29, 1.82) is 0 Å². The summed E-state index contributed by atoms with van der Waals surface area (Å²) < 4.78 is 44.5. The van der Waals surface area contributed by atoms with Crippen molar-refractivity contribution in [1.82, 2.24) is 5.32 Å². The Bertz CT molecular complexity index is 1480. The van der Waals surface area contributed by atoms with Gasteiger partial charge in [0.05, 0.1) is 16.1 Å². The molecular formula is C30H32BrFN2O5S. The van der Waals surface area contributed by atoms with Gasteiger partial charge in [-0.3, -0.25) is 14.1 Å². The number of hydrogen-bond acceptors (Lipinski definition) is 4. The van der Waals surface area contributed by atoms with Gasteiger partial charge in [-0.2, -0.15) is 8.42 Å². The lowest BCUT2D eigenvalue weighted by molar-refractivity contribution is -0.117. The molecule has 1 atom stereocenters. The number of halogens is 2. The van der Waals surface area contributed by atoms with Crippen LogP contribution in [0.5, 0.6) is 0 Å². The van der Waals surface area contributed by atoms with Gasteiger partial charge < -0.3 is 10.6 Å². The van der Waals surface area contributed by atoms with Crippen LogP contribution in [0.1, 0.15) is 53.7 Å². The maximum atomic E-state index is 13.7. The third-order valence-corrected chi connectivity index (χ3v) is 7.25. The number of carbonyl (C=O) groups excluding carboxylic acids is 2. The maximum Gasteiger partial charge on any atom is 0.266 e. The van der Waals surface area contributed by atoms with Gasteiger partial charge in [0.2, 0.25) is 5.91 Å². The molecule has 0 aromatic heterocycles. The molecule has 0 aliphatic carbocycles. The molecule has 0 aliphatic heterocycles. The molecule has 10 heteroatoms. The van der Waals surface area contributed by atoms with Crippen LogP contribution in [0.25, 0.3) is 6.08 Å². The van der Waals surface area contributed by atoms with E-state index in [1.165, 1.54) is 18.2 Å². The van der Waals surface area contributed by atoms with Crippen molar-refractivity contribution in [3.05, 3.63) is 105 Å². The van der Waals surface area contributed by atoms with Crippen molar-refractivity contribution in [3.63, 3.8) is 0 Å². The van der Waals surface area contributed by atoms with Gasteiger partial charge in [0, 0.05) is 17.8 Å². The molecule has 3 rings (SSSR count). The average Bonchev–Trinajstić information content (AvgIpc) is 2.87. The number of anilines is 1. The van der Waals surface area contributed by atoms with Gasteiger partial charge in [0.25, 0.3) is 16.0 Å². The molecule has 0 saturated carbocycles. The Kier molecular flexibility index (Phi) is 10.4. The molecule has 0 saturated heterocycles. The quantitative estimate of drug-likeness (QED) is 0.230. The van der Waals surface area contributed by atoms with Crippen molar-refractivity contribution < 1.29 is 27.0 Å². The highest BCUT2D eigenvalue weighted by Gasteiger charge is 2.22. The second-order valence-corrected chi connectivity index (χ2v) is 12.9. The molecule has 3 aromatic rings. The van der Waals surface area contributed by atoms with E-state index in [1.54, 1.807) is 24.3 Å². The summed E-state index contributed by atoms with van der Waals surface area (Å²) in [4.78, 5) is 25.8. The van der Waals surface area contributed by atoms with E-state index in [0.29, 0.717) is 17.7 Å². The topological polar surface area (TPSA) is 113 Å². The molecule has 2 amide bonds. The Hall–Kier alpha value is -3.34. The van der Waals surface area contributed by atoms with Gasteiger partial charge in [0.1, 0.15) is 5.82 Å². The first-order chi connectivity index (χ1) is 18.7. The summed E-state index contributed by atoms with van der Waals surface area (Å²) in [6, 6.07) is 18.6. The van der Waals surface area contributed by atoms with E-state index in [1.807, 2.05) is 30.3 Å². The molecule has 3 aromatic carbocycles. The van der Waals surface area contributed by atoms with Crippen LogP contribution in [0.4, 0.5) is 10.1 Å². The lowest BCUT2D eigenvalue weighted by atomic mass is 9.89. The smallest absolute Gasteiger partial charge is 0.266 e. The highest BCUT2D eigenvalue weighted by molar-refractivity contribution is 9.10. The number of benzene rings is 3. The number of amides is 2. The van der Waals surface area contributed by atoms with Gasteiger partial charge in [-0.05, 0) is 74.8 Å². The van der Waals surface area contributed by atoms with Crippen LogP contribution >= 0.6 is 15.9 Å². The van der Waals surface area contributed by atoms with Gasteiger partial charge >= 0.3 is 0 Å². The fourth-order valence-corrected chi connectivity index (χ4v) is 4.51. The minimum Gasteiger partial charge on any atom is -0.351 e. The molecule has 40 heavy (non-hydrogen) atoms. The number of hydrogen-bond donors (Lipinski definition) is 3. The zero-order chi connectivity index (χ0) is 29.5. The van der Waals surface area contributed by atoms with Crippen molar-refractivity contribution in [2.45, 2.75) is 33.1 Å². The van der Waals surface area contributed by atoms with Crippen LogP contribution in [-0.2, 0) is 21.3 Å². The summed E-state index contributed by atoms with van der Waals surface area (Å²) in [5.74, 6) is -2.36. The normalized spacial score (nSPS) is 12.8. The van der Waals surface area contributed by atoms with Gasteiger partial charge in [0.15, 0.2) is 0 Å². The van der Waals surface area contributed by atoms with E-state index in [9.17, 15) is 22.4 Å². The van der Waals surface area contributed by atoms with Gasteiger partial charge in [-0.25, -0.2) is 4.39 Å². The first-order valence-electron chi connectivity index (χ1n) is 12.6. The third-order valence-electron chi connectivity index (χ3n) is 5.92. The maximum absolute atomic E-state index is 13.7. The molecule has 7 nitrogen and oxygen atoms in total. The Morgan fingerprint density at radius 2 is 1.68 bits per heavy atom. The molecule has 0 radical (unpaired) electrons. The second kappa shape index (κ2) is 13.3. The Morgan fingerprint density at radius 1 is 1.02 bits per heavy atom. The van der Waals surface area contributed by atoms with E-state index >= 15 is 0 Å². The largest absolute Gasteiger partial charge is 0.351 e. The average molecular weight is 632 g/mol. The molecule has 1 unspecified atom stereocenters. The minimum absolute atomic E-state index is 0.0319. The van der Waals surface area contributed by atoms with E-state index < -0.39 is 33.5 Å². The van der Waals surface area contributed by atoms with E-state index in [0.717, 1.165) is 16.7 Å². The van der Waals surface area contributed by atoms with E-state index in [4.69, 9.17) is 4.55 Å². The predicted molar refractivity (Wildman–Crippen MR) is 159 cm³/mol. The van der Waals surface area contributed by atoms with Crippen molar-refractivity contribution in [2.24, 2.45) is 5.41 Å². The minimum atomic E-state index is -4.17. The van der Waals surface area contributed by atoms with Crippen molar-refractivity contribution in [3.8, 4) is 0 Å². The fraction of sp³-hybridized carbons (Fsp3) is 0.267. The Balaban J connectivity index is 1.81. The Morgan fingerprint density at radius 3 is 2.25 bits per heavy atom. The van der Waals surface area contributed by atoms with Crippen LogP contribution in [0.3, 0.4) is 0 Å². The molecule has 0 fully saturated rings. The molecule has 0 heterocycles. The summed E-state index contributed by atoms with van der Waals surface area (Å²) in [7, 11) is -4.17. The molecule has 3 N–H and O–H groups in total. The fourth-order valence-electron chi connectivity index (χ4n) is 3.77. The highest BCUT2D eigenvalue weighted by Crippen LogP contribution is 2.27. The zero-order valence-corrected chi connectivity index (χ0v) is 24.9. The Labute approximate surface area is 242 Å². The number of carbonyl (C=O) groups is 2. The first kappa shape index (κ1) is 31.2. The number of nitrogens with one attached hydrogen (secondary N) is 2. The monoisotopic (exact) mass is 630 g/mol. The molecule has 0 bridgehead atoms. The molecule has 212 valence electrons. The molecule has 0 aliphatic rings. The summed E-state index contributed by atoms with van der Waals surface area (Å²) >= 11 is 3.14. The first-order valence-corrected chi connectivity index (χ1v) is 15.0. The number of rotatable bonds is 10. The predicted octanol–water partition coefficient (Wildman–Crippen LogP) is 6.23. The number of allylic oxidation sites excluding steroid dienone is 1. The van der Waals surface area contributed by atoms with Crippen LogP contribution in [0, 0.1) is 11.2 Å². The highest BCUT2D eigenvalue weighted by atomic mass is 79.9. The summed E-state index contributed by atoms with van der Waals surface area (Å²) in [5.41, 5.74) is 3.38. The van der Waals surface area contributed by atoms with E-state index in [2.05, 4.69) is 53.4 Å². The second-order valence-electron chi connectivity index (χ2n) is 10.5. The zero-order valence-electron chi connectivity index (χ0n) is 22.4. The van der Waals surface area contributed by atoms with Crippen molar-refractivity contribution >= 4 is 49.6 Å². The summed E-state index contributed by atoms with van der Waals surface area (Å²) in [5, 5.41) is 5.31. The van der Waals surface area contributed by atoms with Crippen molar-refractivity contribution in [2.75, 3.05) is 17.6 Å².